The smallest absolute Gasteiger partial charge is 0.332 e. The van der Waals surface area contributed by atoms with Crippen molar-refractivity contribution in [2.75, 3.05) is 20.8 Å². The van der Waals surface area contributed by atoms with Crippen molar-refractivity contribution in [3.05, 3.63) is 53.9 Å². The molecule has 0 aliphatic carbocycles. The molecule has 2 heterocycles. The first-order chi connectivity index (χ1) is 19.5. The summed E-state index contributed by atoms with van der Waals surface area (Å²) < 4.78 is 32.9. The van der Waals surface area contributed by atoms with Crippen molar-refractivity contribution in [1.82, 2.24) is 10.3 Å². The number of hydrogen-bond acceptors (Lipinski definition) is 11. The highest BCUT2D eigenvalue weighted by Crippen LogP contribution is 2.31. The molecule has 1 fully saturated rings. The van der Waals surface area contributed by atoms with E-state index in [4.69, 9.17) is 28.4 Å². The molecule has 1 aromatic carbocycles. The molecule has 0 spiro atoms. The summed E-state index contributed by atoms with van der Waals surface area (Å²) in [4.78, 5) is 56.5. The van der Waals surface area contributed by atoms with E-state index in [-0.39, 0.29) is 23.6 Å². The normalized spacial score (nSPS) is 21.8. The first kappa shape index (κ1) is 31.3. The Morgan fingerprint density at radius 3 is 2.41 bits per heavy atom. The lowest BCUT2D eigenvalue weighted by Crippen LogP contribution is -2.47. The van der Waals surface area contributed by atoms with E-state index in [9.17, 15) is 19.2 Å². The molecule has 3 rings (SSSR count). The lowest BCUT2D eigenvalue weighted by molar-refractivity contribution is -0.176. The van der Waals surface area contributed by atoms with Crippen LogP contribution in [0.2, 0.25) is 0 Å². The van der Waals surface area contributed by atoms with Gasteiger partial charge in [-0.25, -0.2) is 9.78 Å². The molecular weight excluding hydrogens is 536 g/mol. The summed E-state index contributed by atoms with van der Waals surface area (Å²) in [7, 11) is 2.82. The average Bonchev–Trinajstić information content (AvgIpc) is 2.99. The Kier molecular flexibility index (Phi) is 11.0. The molecule has 1 aliphatic heterocycles. The summed E-state index contributed by atoms with van der Waals surface area (Å²) in [6, 6.07) is 9.22. The van der Waals surface area contributed by atoms with Crippen molar-refractivity contribution >= 4 is 23.8 Å². The van der Waals surface area contributed by atoms with Crippen LogP contribution in [0.3, 0.4) is 0 Å². The predicted molar refractivity (Wildman–Crippen MR) is 144 cm³/mol. The molecule has 1 saturated heterocycles. The topological polar surface area (TPSA) is 149 Å². The Hall–Kier alpha value is -4.19. The van der Waals surface area contributed by atoms with Gasteiger partial charge in [0.05, 0.1) is 13.0 Å². The van der Waals surface area contributed by atoms with Gasteiger partial charge in [-0.15, -0.1) is 0 Å². The molecule has 1 aliphatic rings. The van der Waals surface area contributed by atoms with E-state index >= 15 is 0 Å². The average molecular weight is 573 g/mol. The number of carbonyl (C=O) groups is 4. The zero-order chi connectivity index (χ0) is 30.1. The number of amides is 1. The summed E-state index contributed by atoms with van der Waals surface area (Å²) >= 11 is 0. The number of rotatable bonds is 10. The van der Waals surface area contributed by atoms with E-state index in [0.717, 1.165) is 5.56 Å². The van der Waals surface area contributed by atoms with Crippen LogP contribution in [-0.4, -0.2) is 74.2 Å². The largest absolute Gasteiger partial charge is 0.493 e. The quantitative estimate of drug-likeness (QED) is 0.254. The molecule has 5 atom stereocenters. The Labute approximate surface area is 238 Å². The van der Waals surface area contributed by atoms with Gasteiger partial charge in [0.2, 0.25) is 0 Å². The Morgan fingerprint density at radius 2 is 1.78 bits per heavy atom. The van der Waals surface area contributed by atoms with Gasteiger partial charge in [0.1, 0.15) is 18.6 Å². The minimum atomic E-state index is -1.40. The maximum absolute atomic E-state index is 13.4. The van der Waals surface area contributed by atoms with Crippen molar-refractivity contribution in [2.45, 2.75) is 58.7 Å². The highest BCUT2D eigenvalue weighted by Gasteiger charge is 2.42. The van der Waals surface area contributed by atoms with E-state index in [1.54, 1.807) is 20.8 Å². The first-order valence-electron chi connectivity index (χ1n) is 13.2. The van der Waals surface area contributed by atoms with E-state index in [0.29, 0.717) is 0 Å². The van der Waals surface area contributed by atoms with Gasteiger partial charge >= 0.3 is 17.9 Å². The van der Waals surface area contributed by atoms with E-state index in [1.165, 1.54) is 33.4 Å². The van der Waals surface area contributed by atoms with Crippen molar-refractivity contribution in [1.29, 1.82) is 0 Å². The number of aromatic nitrogens is 1. The molecule has 1 amide bonds. The molecule has 12 heteroatoms. The van der Waals surface area contributed by atoms with Crippen molar-refractivity contribution in [3.63, 3.8) is 0 Å². The van der Waals surface area contributed by atoms with Crippen LogP contribution >= 0.6 is 0 Å². The van der Waals surface area contributed by atoms with Gasteiger partial charge in [0.15, 0.2) is 35.6 Å². The molecule has 2 aromatic rings. The number of methoxy groups -OCH3 is 2. The molecule has 0 bridgehead atoms. The third kappa shape index (κ3) is 8.16. The molecule has 222 valence electrons. The van der Waals surface area contributed by atoms with E-state index in [2.05, 4.69) is 10.3 Å². The summed E-state index contributed by atoms with van der Waals surface area (Å²) in [6.07, 6.45) is -1.42. The number of hydrogen-bond donors (Lipinski definition) is 1. The molecule has 12 nitrogen and oxygen atoms in total. The molecule has 1 N–H and O–H groups in total. The second-order valence-electron chi connectivity index (χ2n) is 9.76. The van der Waals surface area contributed by atoms with Gasteiger partial charge in [-0.05, 0) is 25.8 Å². The zero-order valence-corrected chi connectivity index (χ0v) is 23.9. The van der Waals surface area contributed by atoms with Crippen LogP contribution in [0.5, 0.6) is 11.5 Å². The molecule has 0 radical (unpaired) electrons. The molecule has 0 saturated carbocycles. The maximum atomic E-state index is 13.4. The van der Waals surface area contributed by atoms with Crippen LogP contribution in [0.15, 0.2) is 42.6 Å². The Bertz CT molecular complexity index is 1220. The number of benzene rings is 1. The number of cyclic esters (lactones) is 2. The fourth-order valence-electron chi connectivity index (χ4n) is 4.06. The van der Waals surface area contributed by atoms with Gasteiger partial charge < -0.3 is 33.7 Å². The summed E-state index contributed by atoms with van der Waals surface area (Å²) in [5.74, 6) is -4.23. The van der Waals surface area contributed by atoms with E-state index in [1.807, 2.05) is 30.3 Å². The van der Waals surface area contributed by atoms with Gasteiger partial charge in [-0.2, -0.15) is 0 Å². The third-order valence-electron chi connectivity index (χ3n) is 6.39. The summed E-state index contributed by atoms with van der Waals surface area (Å²) in [5, 5.41) is 2.51. The van der Waals surface area contributed by atoms with E-state index < -0.39 is 66.8 Å². The van der Waals surface area contributed by atoms with Crippen LogP contribution in [0, 0.1) is 11.8 Å². The standard InChI is InChI=1S/C29H36N2O10/c1-16(2)27(33)41-24-17(3)39-29(35)21(15-38-28(34)20(24)14-19-10-8-7-9-11-19)31-26(32)23-25(40-18(4)36-5)22(37-6)12-13-30-23/h7-13,16-18,20-21,24H,14-15H2,1-6H3,(H,31,32). The molecule has 1 aromatic heterocycles. The van der Waals surface area contributed by atoms with Crippen molar-refractivity contribution in [2.24, 2.45) is 11.8 Å². The zero-order valence-electron chi connectivity index (χ0n) is 23.9. The Morgan fingerprint density at radius 1 is 1.07 bits per heavy atom. The SMILES string of the molecule is COc1ccnc(C(=O)NC2COC(=O)C(Cc3ccccc3)C(OC(=O)C(C)C)C(C)OC2=O)c1OC(C)OC. The van der Waals surface area contributed by atoms with Crippen LogP contribution in [-0.2, 0) is 39.8 Å². The fraction of sp³-hybridized carbons (Fsp3) is 0.483. The van der Waals surface area contributed by atoms with Crippen molar-refractivity contribution in [3.8, 4) is 11.5 Å². The second kappa shape index (κ2) is 14.4. The highest BCUT2D eigenvalue weighted by molar-refractivity contribution is 5.98. The fourth-order valence-corrected chi connectivity index (χ4v) is 4.06. The highest BCUT2D eigenvalue weighted by atomic mass is 16.7. The summed E-state index contributed by atoms with van der Waals surface area (Å²) in [5.41, 5.74) is 0.607. The number of pyridine rings is 1. The predicted octanol–water partition coefficient (Wildman–Crippen LogP) is 2.47. The minimum Gasteiger partial charge on any atom is -0.493 e. The number of nitrogens with one attached hydrogen (secondary N) is 1. The number of ether oxygens (including phenoxy) is 6. The lowest BCUT2D eigenvalue weighted by Gasteiger charge is -2.29. The van der Waals surface area contributed by atoms with Crippen molar-refractivity contribution < 1.29 is 47.6 Å². The third-order valence-corrected chi connectivity index (χ3v) is 6.39. The second-order valence-corrected chi connectivity index (χ2v) is 9.76. The van der Waals surface area contributed by atoms with Gasteiger partial charge in [-0.3, -0.25) is 14.4 Å². The van der Waals surface area contributed by atoms with Crippen LogP contribution in [0.4, 0.5) is 0 Å². The number of carbonyl (C=O) groups excluding carboxylic acids is 4. The molecular formula is C29H36N2O10. The van der Waals surface area contributed by atoms with Crippen LogP contribution < -0.4 is 14.8 Å². The number of nitrogens with zero attached hydrogens (tertiary/aromatic N) is 1. The molecule has 41 heavy (non-hydrogen) atoms. The van der Waals surface area contributed by atoms with Gasteiger partial charge in [0.25, 0.3) is 5.91 Å². The van der Waals surface area contributed by atoms with Crippen LogP contribution in [0.25, 0.3) is 0 Å². The maximum Gasteiger partial charge on any atom is 0.332 e. The molecule has 5 unspecified atom stereocenters. The van der Waals surface area contributed by atoms with Crippen LogP contribution in [0.1, 0.15) is 43.7 Å². The monoisotopic (exact) mass is 572 g/mol. The first-order valence-corrected chi connectivity index (χ1v) is 13.2. The number of esters is 3. The van der Waals surface area contributed by atoms with Gasteiger partial charge in [0, 0.05) is 19.4 Å². The summed E-state index contributed by atoms with van der Waals surface area (Å²) in [6.45, 7) is 5.91. The minimum absolute atomic E-state index is 0.00719. The Balaban J connectivity index is 1.89. The van der Waals surface area contributed by atoms with Gasteiger partial charge in [-0.1, -0.05) is 44.2 Å². The lowest BCUT2D eigenvalue weighted by atomic mass is 9.91.